The molecule has 19 heavy (non-hydrogen) atoms. The molecule has 0 aliphatic carbocycles. The highest BCUT2D eigenvalue weighted by atomic mass is 16.1. The zero-order valence-electron chi connectivity index (χ0n) is 10.1. The van der Waals surface area contributed by atoms with Gasteiger partial charge in [0.25, 0.3) is 5.91 Å². The standard InChI is InChI=1S/C14H12N4O/c15-8-10-3-1-4-11(7-10)9-18-14(19)12-5-2-6-17-13(12)16/h1-7H,9H2,(H2,16,17)(H,18,19). The van der Waals surface area contributed by atoms with Gasteiger partial charge < -0.3 is 11.1 Å². The van der Waals surface area contributed by atoms with Crippen molar-refractivity contribution in [3.63, 3.8) is 0 Å². The van der Waals surface area contributed by atoms with Gasteiger partial charge in [-0.1, -0.05) is 12.1 Å². The van der Waals surface area contributed by atoms with Crippen LogP contribution in [-0.4, -0.2) is 10.9 Å². The molecule has 1 heterocycles. The first-order valence-electron chi connectivity index (χ1n) is 5.68. The largest absolute Gasteiger partial charge is 0.383 e. The van der Waals surface area contributed by atoms with Crippen molar-refractivity contribution in [2.45, 2.75) is 6.54 Å². The molecular weight excluding hydrogens is 240 g/mol. The van der Waals surface area contributed by atoms with E-state index >= 15 is 0 Å². The Morgan fingerprint density at radius 3 is 2.95 bits per heavy atom. The number of hydrogen-bond acceptors (Lipinski definition) is 4. The third kappa shape index (κ3) is 3.07. The Labute approximate surface area is 110 Å². The van der Waals surface area contributed by atoms with Crippen molar-refractivity contribution in [1.29, 1.82) is 5.26 Å². The summed E-state index contributed by atoms with van der Waals surface area (Å²) in [6.45, 7) is 0.336. The van der Waals surface area contributed by atoms with Crippen molar-refractivity contribution in [3.8, 4) is 6.07 Å². The van der Waals surface area contributed by atoms with Gasteiger partial charge >= 0.3 is 0 Å². The lowest BCUT2D eigenvalue weighted by atomic mass is 10.1. The van der Waals surface area contributed by atoms with Crippen molar-refractivity contribution < 1.29 is 4.79 Å². The quantitative estimate of drug-likeness (QED) is 0.865. The molecule has 0 saturated carbocycles. The molecule has 0 radical (unpaired) electrons. The molecule has 0 atom stereocenters. The number of rotatable bonds is 3. The van der Waals surface area contributed by atoms with Crippen LogP contribution in [0.15, 0.2) is 42.6 Å². The molecule has 3 N–H and O–H groups in total. The maximum atomic E-state index is 11.9. The van der Waals surface area contributed by atoms with Crippen molar-refractivity contribution in [2.75, 3.05) is 5.73 Å². The molecule has 0 saturated heterocycles. The second kappa shape index (κ2) is 5.65. The SMILES string of the molecule is N#Cc1cccc(CNC(=O)c2cccnc2N)c1. The maximum Gasteiger partial charge on any atom is 0.255 e. The van der Waals surface area contributed by atoms with E-state index in [4.69, 9.17) is 11.0 Å². The molecule has 2 aromatic rings. The topological polar surface area (TPSA) is 91.8 Å². The molecule has 0 aliphatic heterocycles. The zero-order chi connectivity index (χ0) is 13.7. The minimum Gasteiger partial charge on any atom is -0.383 e. The number of nitrogens with one attached hydrogen (secondary N) is 1. The van der Waals surface area contributed by atoms with Gasteiger partial charge in [0.1, 0.15) is 5.82 Å². The van der Waals surface area contributed by atoms with Crippen LogP contribution in [0, 0.1) is 11.3 Å². The molecular formula is C14H12N4O. The predicted molar refractivity (Wildman–Crippen MR) is 71.0 cm³/mol. The second-order valence-corrected chi connectivity index (χ2v) is 3.93. The fraction of sp³-hybridized carbons (Fsp3) is 0.0714. The first kappa shape index (κ1) is 12.6. The number of nitrogens with two attached hydrogens (primary N) is 1. The van der Waals surface area contributed by atoms with Gasteiger partial charge in [-0.3, -0.25) is 4.79 Å². The number of pyridine rings is 1. The van der Waals surface area contributed by atoms with E-state index in [1.54, 1.807) is 30.3 Å². The molecule has 5 nitrogen and oxygen atoms in total. The number of nitrogen functional groups attached to an aromatic ring is 1. The second-order valence-electron chi connectivity index (χ2n) is 3.93. The Bertz CT molecular complexity index is 646. The molecule has 0 fully saturated rings. The molecule has 1 aromatic carbocycles. The third-order valence-corrected chi connectivity index (χ3v) is 2.59. The summed E-state index contributed by atoms with van der Waals surface area (Å²) in [5.74, 6) is -0.0845. The number of aromatic nitrogens is 1. The summed E-state index contributed by atoms with van der Waals surface area (Å²) in [5, 5.41) is 11.5. The fourth-order valence-corrected chi connectivity index (χ4v) is 1.64. The predicted octanol–water partition coefficient (Wildman–Crippen LogP) is 1.47. The van der Waals surface area contributed by atoms with Gasteiger partial charge in [-0.2, -0.15) is 5.26 Å². The number of hydrogen-bond donors (Lipinski definition) is 2. The van der Waals surface area contributed by atoms with E-state index in [0.717, 1.165) is 5.56 Å². The van der Waals surface area contributed by atoms with Gasteiger partial charge in [0.2, 0.25) is 0 Å². The van der Waals surface area contributed by atoms with Crippen LogP contribution in [0.2, 0.25) is 0 Å². The number of nitrogens with zero attached hydrogens (tertiary/aromatic N) is 2. The molecule has 1 amide bonds. The minimum atomic E-state index is -0.284. The van der Waals surface area contributed by atoms with Crippen LogP contribution in [-0.2, 0) is 6.54 Å². The summed E-state index contributed by atoms with van der Waals surface area (Å²) < 4.78 is 0. The lowest BCUT2D eigenvalue weighted by Crippen LogP contribution is -2.24. The van der Waals surface area contributed by atoms with Gasteiger partial charge in [-0.25, -0.2) is 4.98 Å². The van der Waals surface area contributed by atoms with Gasteiger partial charge in [-0.15, -0.1) is 0 Å². The number of anilines is 1. The Morgan fingerprint density at radius 2 is 2.21 bits per heavy atom. The van der Waals surface area contributed by atoms with Crippen molar-refractivity contribution in [2.24, 2.45) is 0 Å². The molecule has 2 rings (SSSR count). The van der Waals surface area contributed by atoms with Crippen molar-refractivity contribution in [3.05, 3.63) is 59.3 Å². The van der Waals surface area contributed by atoms with E-state index in [-0.39, 0.29) is 11.7 Å². The lowest BCUT2D eigenvalue weighted by molar-refractivity contribution is 0.0951. The molecule has 0 unspecified atom stereocenters. The Morgan fingerprint density at radius 1 is 1.37 bits per heavy atom. The summed E-state index contributed by atoms with van der Waals surface area (Å²) in [6.07, 6.45) is 1.53. The average molecular weight is 252 g/mol. The smallest absolute Gasteiger partial charge is 0.255 e. The Balaban J connectivity index is 2.05. The molecule has 0 aliphatic rings. The van der Waals surface area contributed by atoms with Gasteiger partial charge in [0.15, 0.2) is 0 Å². The first-order chi connectivity index (χ1) is 9.20. The van der Waals surface area contributed by atoms with Crippen molar-refractivity contribution in [1.82, 2.24) is 10.3 Å². The van der Waals surface area contributed by atoms with Crippen LogP contribution >= 0.6 is 0 Å². The maximum absolute atomic E-state index is 11.9. The molecule has 0 spiro atoms. The zero-order valence-corrected chi connectivity index (χ0v) is 10.1. The highest BCUT2D eigenvalue weighted by Crippen LogP contribution is 2.08. The molecule has 5 heteroatoms. The number of carbonyl (C=O) groups excluding carboxylic acids is 1. The van der Waals surface area contributed by atoms with Crippen LogP contribution in [0.1, 0.15) is 21.5 Å². The number of benzene rings is 1. The monoisotopic (exact) mass is 252 g/mol. The molecule has 0 bridgehead atoms. The highest BCUT2D eigenvalue weighted by molar-refractivity contribution is 5.98. The summed E-state index contributed by atoms with van der Waals surface area (Å²) in [5.41, 5.74) is 7.39. The number of nitriles is 1. The van der Waals surface area contributed by atoms with E-state index in [2.05, 4.69) is 16.4 Å². The van der Waals surface area contributed by atoms with Crippen molar-refractivity contribution >= 4 is 11.7 Å². The molecule has 1 aromatic heterocycles. The summed E-state index contributed by atoms with van der Waals surface area (Å²) in [6, 6.07) is 12.4. The minimum absolute atomic E-state index is 0.200. The van der Waals surface area contributed by atoms with E-state index in [0.29, 0.717) is 17.7 Å². The van der Waals surface area contributed by atoms with Crippen LogP contribution < -0.4 is 11.1 Å². The number of carbonyl (C=O) groups is 1. The highest BCUT2D eigenvalue weighted by Gasteiger charge is 2.09. The van der Waals surface area contributed by atoms with Gasteiger partial charge in [0.05, 0.1) is 17.2 Å². The van der Waals surface area contributed by atoms with Crippen LogP contribution in [0.5, 0.6) is 0 Å². The van der Waals surface area contributed by atoms with Gasteiger partial charge in [0, 0.05) is 12.7 Å². The lowest BCUT2D eigenvalue weighted by Gasteiger charge is -2.07. The van der Waals surface area contributed by atoms with E-state index in [1.165, 1.54) is 6.20 Å². The normalized spacial score (nSPS) is 9.63. The van der Waals surface area contributed by atoms with E-state index < -0.39 is 0 Å². The van der Waals surface area contributed by atoms with E-state index in [9.17, 15) is 4.79 Å². The average Bonchev–Trinajstić information content (AvgIpc) is 2.45. The Hall–Kier alpha value is -2.87. The van der Waals surface area contributed by atoms with Crippen LogP contribution in [0.25, 0.3) is 0 Å². The fourth-order valence-electron chi connectivity index (χ4n) is 1.64. The summed E-state index contributed by atoms with van der Waals surface area (Å²) >= 11 is 0. The molecule has 94 valence electrons. The number of amides is 1. The Kier molecular flexibility index (Phi) is 3.74. The summed E-state index contributed by atoms with van der Waals surface area (Å²) in [7, 11) is 0. The van der Waals surface area contributed by atoms with Crippen LogP contribution in [0.4, 0.5) is 5.82 Å². The van der Waals surface area contributed by atoms with Gasteiger partial charge in [-0.05, 0) is 29.8 Å². The van der Waals surface area contributed by atoms with Crippen LogP contribution in [0.3, 0.4) is 0 Å². The first-order valence-corrected chi connectivity index (χ1v) is 5.68. The third-order valence-electron chi connectivity index (χ3n) is 2.59. The summed E-state index contributed by atoms with van der Waals surface area (Å²) in [4.78, 5) is 15.8. The van der Waals surface area contributed by atoms with E-state index in [1.807, 2.05) is 6.07 Å².